The SMILES string of the molecule is Cc1cc(C(=O)N2CC[NH+](CC=Cc3ccccc3)CC2)cs1. The van der Waals surface area contributed by atoms with E-state index in [1.807, 2.05) is 29.3 Å². The Morgan fingerprint density at radius 2 is 2.00 bits per heavy atom. The van der Waals surface area contributed by atoms with Gasteiger partial charge in [-0.05, 0) is 24.6 Å². The Balaban J connectivity index is 1.47. The maximum absolute atomic E-state index is 12.4. The molecular formula is C19H23N2OS+. The number of nitrogens with one attached hydrogen (secondary N) is 1. The fourth-order valence-electron chi connectivity index (χ4n) is 2.89. The highest BCUT2D eigenvalue weighted by Crippen LogP contribution is 2.15. The zero-order chi connectivity index (χ0) is 16.1. The Morgan fingerprint density at radius 3 is 2.65 bits per heavy atom. The van der Waals surface area contributed by atoms with Gasteiger partial charge in [-0.2, -0.15) is 0 Å². The topological polar surface area (TPSA) is 24.8 Å². The quantitative estimate of drug-likeness (QED) is 0.914. The Kier molecular flexibility index (Phi) is 5.26. The van der Waals surface area contributed by atoms with Crippen molar-refractivity contribution in [1.82, 2.24) is 4.90 Å². The number of amides is 1. The highest BCUT2D eigenvalue weighted by Gasteiger charge is 2.24. The lowest BCUT2D eigenvalue weighted by atomic mass is 10.2. The predicted octanol–water partition coefficient (Wildman–Crippen LogP) is 2.11. The molecule has 1 saturated heterocycles. The average Bonchev–Trinajstić information content (AvgIpc) is 3.02. The van der Waals surface area contributed by atoms with Gasteiger partial charge in [-0.1, -0.05) is 36.4 Å². The van der Waals surface area contributed by atoms with Crippen LogP contribution in [0.1, 0.15) is 20.8 Å². The van der Waals surface area contributed by atoms with E-state index in [1.165, 1.54) is 10.4 Å². The molecule has 1 N–H and O–H groups in total. The van der Waals surface area contributed by atoms with Crippen LogP contribution in [-0.2, 0) is 0 Å². The van der Waals surface area contributed by atoms with E-state index in [2.05, 4.69) is 36.4 Å². The van der Waals surface area contributed by atoms with Crippen molar-refractivity contribution in [3.8, 4) is 0 Å². The van der Waals surface area contributed by atoms with Crippen molar-refractivity contribution in [3.05, 3.63) is 63.9 Å². The van der Waals surface area contributed by atoms with Gasteiger partial charge in [0, 0.05) is 10.3 Å². The molecule has 0 spiro atoms. The van der Waals surface area contributed by atoms with Gasteiger partial charge in [0.1, 0.15) is 0 Å². The Morgan fingerprint density at radius 1 is 1.26 bits per heavy atom. The molecule has 3 nitrogen and oxygen atoms in total. The number of piperazine rings is 1. The van der Waals surface area contributed by atoms with Crippen molar-refractivity contribution >= 4 is 23.3 Å². The number of quaternary nitrogens is 1. The van der Waals surface area contributed by atoms with Gasteiger partial charge in [0.2, 0.25) is 0 Å². The lowest BCUT2D eigenvalue weighted by Crippen LogP contribution is -3.14. The molecule has 120 valence electrons. The van der Waals surface area contributed by atoms with Crippen molar-refractivity contribution < 1.29 is 9.69 Å². The van der Waals surface area contributed by atoms with E-state index in [1.54, 1.807) is 16.2 Å². The number of nitrogens with zero attached hydrogens (tertiary/aromatic N) is 1. The molecule has 0 atom stereocenters. The van der Waals surface area contributed by atoms with Crippen molar-refractivity contribution in [2.24, 2.45) is 0 Å². The molecule has 3 rings (SSSR count). The molecule has 0 saturated carbocycles. The van der Waals surface area contributed by atoms with Crippen molar-refractivity contribution in [2.45, 2.75) is 6.92 Å². The van der Waals surface area contributed by atoms with Gasteiger partial charge in [-0.15, -0.1) is 11.3 Å². The summed E-state index contributed by atoms with van der Waals surface area (Å²) in [6, 6.07) is 12.4. The number of carbonyl (C=O) groups excluding carboxylic acids is 1. The molecule has 23 heavy (non-hydrogen) atoms. The van der Waals surface area contributed by atoms with Crippen molar-refractivity contribution in [1.29, 1.82) is 0 Å². The first-order valence-electron chi connectivity index (χ1n) is 8.12. The molecule has 1 fully saturated rings. The van der Waals surface area contributed by atoms with Crippen LogP contribution in [0.4, 0.5) is 0 Å². The molecule has 1 aromatic heterocycles. The second-order valence-electron chi connectivity index (χ2n) is 6.01. The standard InChI is InChI=1S/C19H22N2OS/c1-16-14-18(15-23-16)19(22)21-12-10-20(11-13-21)9-5-8-17-6-3-2-4-7-17/h2-8,14-15H,9-13H2,1H3/p+1. The lowest BCUT2D eigenvalue weighted by molar-refractivity contribution is -0.898. The number of carbonyl (C=O) groups is 1. The minimum absolute atomic E-state index is 0.188. The first kappa shape index (κ1) is 16.0. The minimum Gasteiger partial charge on any atom is -0.329 e. The fourth-order valence-corrected chi connectivity index (χ4v) is 3.57. The summed E-state index contributed by atoms with van der Waals surface area (Å²) in [5.74, 6) is 0.188. The van der Waals surface area contributed by atoms with Crippen LogP contribution in [0.15, 0.2) is 47.9 Å². The molecule has 1 amide bonds. The smallest absolute Gasteiger partial charge is 0.255 e. The number of benzene rings is 1. The van der Waals surface area contributed by atoms with Crippen LogP contribution in [0.3, 0.4) is 0 Å². The van der Waals surface area contributed by atoms with E-state index in [0.717, 1.165) is 38.3 Å². The third-order valence-electron chi connectivity index (χ3n) is 4.25. The summed E-state index contributed by atoms with van der Waals surface area (Å²) < 4.78 is 0. The van der Waals surface area contributed by atoms with Gasteiger partial charge in [0.25, 0.3) is 5.91 Å². The van der Waals surface area contributed by atoms with Gasteiger partial charge in [-0.3, -0.25) is 4.79 Å². The van der Waals surface area contributed by atoms with Crippen molar-refractivity contribution in [2.75, 3.05) is 32.7 Å². The number of hydrogen-bond acceptors (Lipinski definition) is 2. The van der Waals surface area contributed by atoms with Crippen LogP contribution in [0.2, 0.25) is 0 Å². The molecule has 2 aromatic rings. The summed E-state index contributed by atoms with van der Waals surface area (Å²) in [6.45, 7) is 6.81. The molecule has 1 aromatic carbocycles. The first-order valence-corrected chi connectivity index (χ1v) is 9.00. The van der Waals surface area contributed by atoms with E-state index in [-0.39, 0.29) is 5.91 Å². The van der Waals surface area contributed by atoms with Crippen LogP contribution >= 0.6 is 11.3 Å². The molecule has 1 aliphatic heterocycles. The summed E-state index contributed by atoms with van der Waals surface area (Å²) in [4.78, 5) is 17.2. The summed E-state index contributed by atoms with van der Waals surface area (Å²) in [5, 5.41) is 1.97. The van der Waals surface area contributed by atoms with E-state index < -0.39 is 0 Å². The fraction of sp³-hybridized carbons (Fsp3) is 0.316. The summed E-state index contributed by atoms with van der Waals surface area (Å²) in [5.41, 5.74) is 2.09. The van der Waals surface area contributed by atoms with Crippen LogP contribution in [0.25, 0.3) is 6.08 Å². The lowest BCUT2D eigenvalue weighted by Gasteiger charge is -2.31. The summed E-state index contributed by atoms with van der Waals surface area (Å²) >= 11 is 1.64. The van der Waals surface area contributed by atoms with E-state index >= 15 is 0 Å². The second-order valence-corrected chi connectivity index (χ2v) is 7.12. The Labute approximate surface area is 141 Å². The maximum Gasteiger partial charge on any atom is 0.255 e. The van der Waals surface area contributed by atoms with Gasteiger partial charge >= 0.3 is 0 Å². The Bertz CT molecular complexity index is 670. The minimum atomic E-state index is 0.188. The molecule has 0 aliphatic carbocycles. The van der Waals surface area contributed by atoms with Gasteiger partial charge in [0.05, 0.1) is 38.3 Å². The number of aryl methyl sites for hydroxylation is 1. The molecule has 4 heteroatoms. The van der Waals surface area contributed by atoms with Crippen LogP contribution in [-0.4, -0.2) is 43.5 Å². The van der Waals surface area contributed by atoms with E-state index in [0.29, 0.717) is 0 Å². The van der Waals surface area contributed by atoms with Gasteiger partial charge in [-0.25, -0.2) is 0 Å². The number of rotatable bonds is 4. The zero-order valence-corrected chi connectivity index (χ0v) is 14.3. The van der Waals surface area contributed by atoms with Crippen LogP contribution in [0, 0.1) is 6.92 Å². The third-order valence-corrected chi connectivity index (χ3v) is 5.11. The van der Waals surface area contributed by atoms with E-state index in [9.17, 15) is 4.79 Å². The van der Waals surface area contributed by atoms with E-state index in [4.69, 9.17) is 0 Å². The van der Waals surface area contributed by atoms with Crippen LogP contribution < -0.4 is 4.90 Å². The average molecular weight is 327 g/mol. The predicted molar refractivity (Wildman–Crippen MR) is 96.0 cm³/mol. The molecule has 1 aliphatic rings. The largest absolute Gasteiger partial charge is 0.329 e. The maximum atomic E-state index is 12.4. The third kappa shape index (κ3) is 4.30. The number of thiophene rings is 1. The normalized spacial score (nSPS) is 16.1. The summed E-state index contributed by atoms with van der Waals surface area (Å²) in [7, 11) is 0. The molecule has 2 heterocycles. The highest BCUT2D eigenvalue weighted by atomic mass is 32.1. The Hall–Kier alpha value is -1.91. The van der Waals surface area contributed by atoms with Crippen LogP contribution in [0.5, 0.6) is 0 Å². The summed E-state index contributed by atoms with van der Waals surface area (Å²) in [6.07, 6.45) is 4.42. The van der Waals surface area contributed by atoms with Gasteiger partial charge in [0.15, 0.2) is 0 Å². The van der Waals surface area contributed by atoms with Crippen molar-refractivity contribution in [3.63, 3.8) is 0 Å². The molecule has 0 unspecified atom stereocenters. The van der Waals surface area contributed by atoms with Gasteiger partial charge < -0.3 is 9.80 Å². The first-order chi connectivity index (χ1) is 11.2. The molecule has 0 bridgehead atoms. The monoisotopic (exact) mass is 327 g/mol. The number of hydrogen-bond donors (Lipinski definition) is 1. The zero-order valence-electron chi connectivity index (χ0n) is 13.5. The highest BCUT2D eigenvalue weighted by molar-refractivity contribution is 7.10. The second kappa shape index (κ2) is 7.57. The molecular weight excluding hydrogens is 304 g/mol. The molecule has 0 radical (unpaired) electrons.